The third kappa shape index (κ3) is 2.53. The van der Waals surface area contributed by atoms with E-state index in [1.165, 1.54) is 37.8 Å². The Kier molecular flexibility index (Phi) is 3.83. The fraction of sp³-hybridized carbons (Fsp3) is 0.588. The highest BCUT2D eigenvalue weighted by molar-refractivity contribution is 6.32. The minimum absolute atomic E-state index is 0.460. The number of aromatic nitrogens is 2. The highest BCUT2D eigenvalue weighted by Crippen LogP contribution is 2.33. The lowest BCUT2D eigenvalue weighted by molar-refractivity contribution is 0.161. The first-order chi connectivity index (χ1) is 10.6. The molecule has 118 valence electrons. The second-order valence-electron chi connectivity index (χ2n) is 6.85. The summed E-state index contributed by atoms with van der Waals surface area (Å²) in [5.74, 6) is 0.850. The Balaban J connectivity index is 1.72. The molecule has 3 nitrogen and oxygen atoms in total. The van der Waals surface area contributed by atoms with E-state index in [-0.39, 0.29) is 0 Å². The van der Waals surface area contributed by atoms with Crippen LogP contribution in [0.15, 0.2) is 12.1 Å². The van der Waals surface area contributed by atoms with Crippen LogP contribution in [0.5, 0.6) is 0 Å². The summed E-state index contributed by atoms with van der Waals surface area (Å²) in [5.41, 5.74) is 3.34. The van der Waals surface area contributed by atoms with Crippen LogP contribution in [0.4, 0.5) is 0 Å². The van der Waals surface area contributed by atoms with Gasteiger partial charge >= 0.3 is 0 Å². The molecule has 0 spiro atoms. The van der Waals surface area contributed by atoms with E-state index in [1.54, 1.807) is 0 Å². The zero-order valence-corrected chi connectivity index (χ0v) is 14.4. The molecule has 0 unspecified atom stereocenters. The Bertz CT molecular complexity index is 703. The molecule has 2 aliphatic rings. The van der Waals surface area contributed by atoms with Gasteiger partial charge in [-0.05, 0) is 55.0 Å². The molecule has 0 saturated heterocycles. The average molecular weight is 338 g/mol. The van der Waals surface area contributed by atoms with Crippen molar-refractivity contribution in [3.8, 4) is 0 Å². The van der Waals surface area contributed by atoms with E-state index < -0.39 is 0 Å². The van der Waals surface area contributed by atoms with Gasteiger partial charge in [0.05, 0.1) is 11.0 Å². The van der Waals surface area contributed by atoms with E-state index in [2.05, 4.69) is 27.4 Å². The third-order valence-corrected chi connectivity index (χ3v) is 5.76. The van der Waals surface area contributed by atoms with Gasteiger partial charge in [0.25, 0.3) is 0 Å². The van der Waals surface area contributed by atoms with Gasteiger partial charge in [-0.25, -0.2) is 4.98 Å². The third-order valence-electron chi connectivity index (χ3n) is 5.25. The molecular weight excluding hydrogens is 317 g/mol. The molecule has 2 heterocycles. The molecule has 1 aliphatic carbocycles. The van der Waals surface area contributed by atoms with Crippen molar-refractivity contribution in [1.29, 1.82) is 0 Å². The number of rotatable bonds is 2. The van der Waals surface area contributed by atoms with Gasteiger partial charge in [-0.2, -0.15) is 0 Å². The molecule has 4 rings (SSSR count). The fourth-order valence-corrected chi connectivity index (χ4v) is 4.58. The second-order valence-corrected chi connectivity index (χ2v) is 7.63. The second kappa shape index (κ2) is 5.70. The van der Waals surface area contributed by atoms with E-state index in [4.69, 9.17) is 23.2 Å². The van der Waals surface area contributed by atoms with Crippen molar-refractivity contribution >= 4 is 34.2 Å². The van der Waals surface area contributed by atoms with Crippen molar-refractivity contribution in [3.05, 3.63) is 28.0 Å². The van der Waals surface area contributed by atoms with Crippen LogP contribution >= 0.6 is 23.2 Å². The van der Waals surface area contributed by atoms with Crippen molar-refractivity contribution in [1.82, 2.24) is 14.5 Å². The molecule has 0 bridgehead atoms. The Morgan fingerprint density at radius 1 is 1.23 bits per heavy atom. The summed E-state index contributed by atoms with van der Waals surface area (Å²) in [4.78, 5) is 7.08. The first-order valence-electron chi connectivity index (χ1n) is 8.20. The predicted molar refractivity (Wildman–Crippen MR) is 91.6 cm³/mol. The molecule has 1 aromatic carbocycles. The van der Waals surface area contributed by atoms with E-state index in [0.29, 0.717) is 11.3 Å². The van der Waals surface area contributed by atoms with E-state index in [9.17, 15) is 0 Å². The van der Waals surface area contributed by atoms with Crippen LogP contribution < -0.4 is 0 Å². The lowest BCUT2D eigenvalue weighted by Gasteiger charge is -2.30. The first kappa shape index (κ1) is 14.8. The molecule has 0 amide bonds. The standard InChI is InChI=1S/C17H21Cl2N3/c1-11-8-22-16-13(6-14(18)7-15(16)20-17(22)19)10-21(11)9-12-4-2-3-5-12/h6-7,11-12H,2-5,8-10H2,1H3/t11-/m0/s1. The van der Waals surface area contributed by atoms with Crippen LogP contribution in [0.25, 0.3) is 11.0 Å². The van der Waals surface area contributed by atoms with E-state index in [1.807, 2.05) is 6.07 Å². The lowest BCUT2D eigenvalue weighted by Crippen LogP contribution is -2.37. The largest absolute Gasteiger partial charge is 0.313 e. The summed E-state index contributed by atoms with van der Waals surface area (Å²) in [5, 5.41) is 1.33. The monoisotopic (exact) mass is 337 g/mol. The molecule has 5 heteroatoms. The zero-order valence-electron chi connectivity index (χ0n) is 12.9. The minimum atomic E-state index is 0.460. The molecule has 0 N–H and O–H groups in total. The van der Waals surface area contributed by atoms with Gasteiger partial charge in [0, 0.05) is 30.7 Å². The van der Waals surface area contributed by atoms with Crippen LogP contribution in [0.3, 0.4) is 0 Å². The number of imidazole rings is 1. The summed E-state index contributed by atoms with van der Waals surface area (Å²) < 4.78 is 2.15. The quantitative estimate of drug-likeness (QED) is 0.789. The predicted octanol–water partition coefficient (Wildman–Crippen LogP) is 4.74. The van der Waals surface area contributed by atoms with E-state index in [0.717, 1.165) is 35.1 Å². The smallest absolute Gasteiger partial charge is 0.203 e. The molecule has 22 heavy (non-hydrogen) atoms. The van der Waals surface area contributed by atoms with Gasteiger partial charge in [-0.15, -0.1) is 0 Å². The average Bonchev–Trinajstić information content (AvgIpc) is 3.03. The lowest BCUT2D eigenvalue weighted by atomic mass is 10.1. The number of halogens is 2. The molecule has 1 atom stereocenters. The van der Waals surface area contributed by atoms with Crippen LogP contribution in [0.1, 0.15) is 38.2 Å². The van der Waals surface area contributed by atoms with Crippen LogP contribution in [-0.2, 0) is 13.1 Å². The van der Waals surface area contributed by atoms with Gasteiger partial charge < -0.3 is 4.57 Å². The van der Waals surface area contributed by atoms with Gasteiger partial charge in [-0.1, -0.05) is 24.4 Å². The molecule has 1 aromatic heterocycles. The Labute approximate surface area is 141 Å². The summed E-state index contributed by atoms with van der Waals surface area (Å²) in [6.07, 6.45) is 5.54. The van der Waals surface area contributed by atoms with Crippen LogP contribution in [0, 0.1) is 5.92 Å². The number of nitrogens with zero attached hydrogens (tertiary/aromatic N) is 3. The maximum Gasteiger partial charge on any atom is 0.203 e. The van der Waals surface area contributed by atoms with Crippen molar-refractivity contribution in [3.63, 3.8) is 0 Å². The minimum Gasteiger partial charge on any atom is -0.313 e. The molecule has 1 aliphatic heterocycles. The van der Waals surface area contributed by atoms with Gasteiger partial charge in [-0.3, -0.25) is 4.90 Å². The van der Waals surface area contributed by atoms with Crippen molar-refractivity contribution in [2.24, 2.45) is 5.92 Å². The highest BCUT2D eigenvalue weighted by atomic mass is 35.5. The van der Waals surface area contributed by atoms with Gasteiger partial charge in [0.2, 0.25) is 5.28 Å². The van der Waals surface area contributed by atoms with Crippen LogP contribution in [0.2, 0.25) is 10.3 Å². The van der Waals surface area contributed by atoms with E-state index >= 15 is 0 Å². The SMILES string of the molecule is C[C@H]1Cn2c(Cl)nc3cc(Cl)cc(c32)CN1CC1CCCC1. The number of hydrogen-bond acceptors (Lipinski definition) is 2. The fourth-order valence-electron chi connectivity index (χ4n) is 4.10. The molecule has 1 saturated carbocycles. The summed E-state index contributed by atoms with van der Waals surface area (Å²) in [7, 11) is 0. The zero-order chi connectivity index (χ0) is 15.3. The molecule has 0 radical (unpaired) electrons. The highest BCUT2D eigenvalue weighted by Gasteiger charge is 2.27. The maximum absolute atomic E-state index is 6.37. The van der Waals surface area contributed by atoms with Crippen LogP contribution in [-0.4, -0.2) is 27.0 Å². The van der Waals surface area contributed by atoms with Gasteiger partial charge in [0.1, 0.15) is 0 Å². The molecule has 1 fully saturated rings. The van der Waals surface area contributed by atoms with Crippen molar-refractivity contribution in [2.45, 2.75) is 51.7 Å². The molecular formula is C17H21Cl2N3. The summed E-state index contributed by atoms with van der Waals surface area (Å²) >= 11 is 12.7. The van der Waals surface area contributed by atoms with Gasteiger partial charge in [0.15, 0.2) is 0 Å². The van der Waals surface area contributed by atoms with Crippen molar-refractivity contribution in [2.75, 3.05) is 6.54 Å². The summed E-state index contributed by atoms with van der Waals surface area (Å²) in [6.45, 7) is 5.32. The van der Waals surface area contributed by atoms with Crippen molar-refractivity contribution < 1.29 is 0 Å². The Morgan fingerprint density at radius 2 is 2.00 bits per heavy atom. The normalized spacial score (nSPS) is 23.3. The summed E-state index contributed by atoms with van der Waals surface area (Å²) in [6, 6.07) is 4.46. The Hall–Kier alpha value is -0.770. The molecule has 2 aromatic rings. The topological polar surface area (TPSA) is 21.1 Å². The number of benzene rings is 1. The first-order valence-corrected chi connectivity index (χ1v) is 8.95. The maximum atomic E-state index is 6.37. The number of hydrogen-bond donors (Lipinski definition) is 0. The Morgan fingerprint density at radius 3 is 2.77 bits per heavy atom.